The van der Waals surface area contributed by atoms with E-state index in [-0.39, 0.29) is 0 Å². The molecule has 0 aromatic heterocycles. The Morgan fingerprint density at radius 3 is 2.27 bits per heavy atom. The first-order chi connectivity index (χ1) is 12.7. The molecular formula is C21H23NO4. The molecule has 0 radical (unpaired) electrons. The van der Waals surface area contributed by atoms with E-state index < -0.39 is 0 Å². The van der Waals surface area contributed by atoms with Crippen LogP contribution in [0, 0.1) is 0 Å². The van der Waals surface area contributed by atoms with Crippen molar-refractivity contribution in [1.82, 2.24) is 4.90 Å². The third-order valence-electron chi connectivity index (χ3n) is 5.20. The van der Waals surface area contributed by atoms with Crippen LogP contribution in [0.5, 0.6) is 23.0 Å². The van der Waals surface area contributed by atoms with Gasteiger partial charge in [-0.15, -0.1) is 0 Å². The van der Waals surface area contributed by atoms with Crippen molar-refractivity contribution in [1.29, 1.82) is 0 Å². The van der Waals surface area contributed by atoms with Crippen LogP contribution in [-0.2, 0) is 13.0 Å². The molecule has 2 heterocycles. The lowest BCUT2D eigenvalue weighted by molar-refractivity contribution is 0.332. The highest BCUT2D eigenvalue weighted by Gasteiger charge is 2.29. The summed E-state index contributed by atoms with van der Waals surface area (Å²) in [6, 6.07) is 8.23. The van der Waals surface area contributed by atoms with Crippen molar-refractivity contribution >= 4 is 11.8 Å². The fraction of sp³-hybridized carbons (Fsp3) is 0.333. The standard InChI is InChI=1S/C21H23NO4/c1-23-18-6-5-13-9-17-15-11-20(25-3)19(24-2)10-14(15)7-8-22(17)12-16(13)21(18)26-4/h5-6,9-11H,7-8,12H2,1-4H3. The number of ether oxygens (including phenoxy) is 4. The molecule has 5 heteroatoms. The van der Waals surface area contributed by atoms with Gasteiger partial charge in [-0.3, -0.25) is 0 Å². The minimum absolute atomic E-state index is 0.757. The third-order valence-corrected chi connectivity index (χ3v) is 5.20. The van der Waals surface area contributed by atoms with E-state index in [9.17, 15) is 0 Å². The second-order valence-electron chi connectivity index (χ2n) is 6.43. The second-order valence-corrected chi connectivity index (χ2v) is 6.43. The molecule has 2 aliphatic heterocycles. The van der Waals surface area contributed by atoms with Gasteiger partial charge in [0.15, 0.2) is 23.0 Å². The lowest BCUT2D eigenvalue weighted by Crippen LogP contribution is -2.31. The summed E-state index contributed by atoms with van der Waals surface area (Å²) in [6.45, 7) is 1.75. The summed E-state index contributed by atoms with van der Waals surface area (Å²) in [7, 11) is 6.72. The molecule has 0 unspecified atom stereocenters. The van der Waals surface area contributed by atoms with Gasteiger partial charge in [-0.05, 0) is 41.8 Å². The average molecular weight is 353 g/mol. The Labute approximate surface area is 153 Å². The van der Waals surface area contributed by atoms with Gasteiger partial charge >= 0.3 is 0 Å². The zero-order valence-electron chi connectivity index (χ0n) is 15.6. The van der Waals surface area contributed by atoms with E-state index in [4.69, 9.17) is 18.9 Å². The zero-order chi connectivity index (χ0) is 18.3. The van der Waals surface area contributed by atoms with Crippen LogP contribution in [0.1, 0.15) is 22.3 Å². The monoisotopic (exact) mass is 353 g/mol. The van der Waals surface area contributed by atoms with E-state index in [1.807, 2.05) is 6.07 Å². The van der Waals surface area contributed by atoms with Gasteiger partial charge in [-0.2, -0.15) is 0 Å². The van der Waals surface area contributed by atoms with Crippen molar-refractivity contribution < 1.29 is 18.9 Å². The maximum absolute atomic E-state index is 5.63. The molecule has 2 aromatic rings. The molecule has 0 aliphatic carbocycles. The first kappa shape index (κ1) is 16.6. The molecule has 0 bridgehead atoms. The largest absolute Gasteiger partial charge is 0.493 e. The summed E-state index contributed by atoms with van der Waals surface area (Å²) in [5, 5.41) is 0. The normalized spacial score (nSPS) is 14.6. The Morgan fingerprint density at radius 2 is 1.58 bits per heavy atom. The van der Waals surface area contributed by atoms with Crippen LogP contribution < -0.4 is 18.9 Å². The highest BCUT2D eigenvalue weighted by molar-refractivity contribution is 5.87. The van der Waals surface area contributed by atoms with Crippen LogP contribution in [-0.4, -0.2) is 39.9 Å². The first-order valence-corrected chi connectivity index (χ1v) is 8.66. The molecule has 5 nitrogen and oxygen atoms in total. The molecule has 2 aromatic carbocycles. The van der Waals surface area contributed by atoms with E-state index in [1.165, 1.54) is 22.4 Å². The Morgan fingerprint density at radius 1 is 0.846 bits per heavy atom. The average Bonchev–Trinajstić information content (AvgIpc) is 2.70. The Hall–Kier alpha value is -2.82. The quantitative estimate of drug-likeness (QED) is 0.840. The highest BCUT2D eigenvalue weighted by atomic mass is 16.5. The predicted molar refractivity (Wildman–Crippen MR) is 101 cm³/mol. The van der Waals surface area contributed by atoms with Crippen LogP contribution in [0.3, 0.4) is 0 Å². The molecule has 0 amide bonds. The summed E-state index contributed by atoms with van der Waals surface area (Å²) in [6.07, 6.45) is 3.19. The van der Waals surface area contributed by atoms with Crippen LogP contribution in [0.15, 0.2) is 24.3 Å². The molecule has 136 valence electrons. The Bertz CT molecular complexity index is 888. The molecule has 0 saturated heterocycles. The molecule has 0 fully saturated rings. The smallest absolute Gasteiger partial charge is 0.166 e. The van der Waals surface area contributed by atoms with E-state index in [0.29, 0.717) is 0 Å². The van der Waals surface area contributed by atoms with Gasteiger partial charge in [-0.1, -0.05) is 6.07 Å². The fourth-order valence-electron chi connectivity index (χ4n) is 3.89. The van der Waals surface area contributed by atoms with E-state index in [1.54, 1.807) is 28.4 Å². The van der Waals surface area contributed by atoms with Gasteiger partial charge in [-0.25, -0.2) is 0 Å². The molecule has 0 N–H and O–H groups in total. The molecule has 0 spiro atoms. The van der Waals surface area contributed by atoms with Gasteiger partial charge in [0, 0.05) is 29.9 Å². The third kappa shape index (κ3) is 2.46. The molecule has 4 rings (SSSR count). The van der Waals surface area contributed by atoms with Gasteiger partial charge < -0.3 is 23.8 Å². The number of benzene rings is 2. The maximum Gasteiger partial charge on any atom is 0.166 e. The number of methoxy groups -OCH3 is 4. The number of hydrogen-bond acceptors (Lipinski definition) is 5. The lowest BCUT2D eigenvalue weighted by Gasteiger charge is -2.37. The molecule has 0 atom stereocenters. The summed E-state index contributed by atoms with van der Waals surface area (Å²) >= 11 is 0. The highest BCUT2D eigenvalue weighted by Crippen LogP contribution is 2.44. The van der Waals surface area contributed by atoms with Gasteiger partial charge in [0.1, 0.15) is 0 Å². The van der Waals surface area contributed by atoms with Gasteiger partial charge in [0.05, 0.1) is 28.4 Å². The van der Waals surface area contributed by atoms with Gasteiger partial charge in [0.2, 0.25) is 0 Å². The van der Waals surface area contributed by atoms with Crippen LogP contribution in [0.4, 0.5) is 0 Å². The van der Waals surface area contributed by atoms with Gasteiger partial charge in [0.25, 0.3) is 0 Å². The predicted octanol–water partition coefficient (Wildman–Crippen LogP) is 3.59. The summed E-state index contributed by atoms with van der Waals surface area (Å²) < 4.78 is 22.1. The number of fused-ring (bicyclic) bond motifs is 4. The van der Waals surface area contributed by atoms with Crippen molar-refractivity contribution in [2.45, 2.75) is 13.0 Å². The van der Waals surface area contributed by atoms with E-state index in [2.05, 4.69) is 29.2 Å². The van der Waals surface area contributed by atoms with Crippen LogP contribution in [0.2, 0.25) is 0 Å². The molecule has 26 heavy (non-hydrogen) atoms. The summed E-state index contributed by atoms with van der Waals surface area (Å²) in [4.78, 5) is 2.39. The molecular weight excluding hydrogens is 330 g/mol. The number of rotatable bonds is 4. The second kappa shape index (κ2) is 6.48. The van der Waals surface area contributed by atoms with Crippen molar-refractivity contribution in [3.63, 3.8) is 0 Å². The number of nitrogens with zero attached hydrogens (tertiary/aromatic N) is 1. The van der Waals surface area contributed by atoms with Crippen molar-refractivity contribution in [2.75, 3.05) is 35.0 Å². The van der Waals surface area contributed by atoms with Crippen LogP contribution >= 0.6 is 0 Å². The number of hydrogen-bond donors (Lipinski definition) is 0. The topological polar surface area (TPSA) is 40.2 Å². The van der Waals surface area contributed by atoms with Crippen molar-refractivity contribution in [3.8, 4) is 23.0 Å². The maximum atomic E-state index is 5.63. The van der Waals surface area contributed by atoms with Crippen molar-refractivity contribution in [2.24, 2.45) is 0 Å². The van der Waals surface area contributed by atoms with E-state index in [0.717, 1.165) is 48.1 Å². The Balaban J connectivity index is 1.86. The minimum Gasteiger partial charge on any atom is -0.493 e. The summed E-state index contributed by atoms with van der Waals surface area (Å²) in [5.74, 6) is 3.13. The minimum atomic E-state index is 0.757. The SMILES string of the molecule is COc1cc2c(cc1OC)C1=Cc3ccc(OC)c(OC)c3CN1CC2. The Kier molecular flexibility index (Phi) is 4.15. The molecule has 2 aliphatic rings. The zero-order valence-corrected chi connectivity index (χ0v) is 15.6. The fourth-order valence-corrected chi connectivity index (χ4v) is 3.89. The summed E-state index contributed by atoms with van der Waals surface area (Å²) in [5.41, 5.74) is 6.03. The lowest BCUT2D eigenvalue weighted by atomic mass is 9.90. The van der Waals surface area contributed by atoms with Crippen molar-refractivity contribution in [3.05, 3.63) is 46.5 Å². The molecule has 0 saturated carbocycles. The first-order valence-electron chi connectivity index (χ1n) is 8.66. The van der Waals surface area contributed by atoms with Crippen LogP contribution in [0.25, 0.3) is 11.8 Å². The van der Waals surface area contributed by atoms with E-state index >= 15 is 0 Å².